The number of benzene rings is 2. The fourth-order valence-electron chi connectivity index (χ4n) is 3.65. The van der Waals surface area contributed by atoms with Crippen LogP contribution in [-0.4, -0.2) is 34.3 Å². The summed E-state index contributed by atoms with van der Waals surface area (Å²) >= 11 is 3.10. The average molecular weight is 487 g/mol. The van der Waals surface area contributed by atoms with E-state index in [1.807, 2.05) is 0 Å². The van der Waals surface area contributed by atoms with Gasteiger partial charge in [-0.05, 0) is 45.2 Å². The quantitative estimate of drug-likeness (QED) is 0.615. The Bertz CT molecular complexity index is 1120. The van der Waals surface area contributed by atoms with E-state index in [0.29, 0.717) is 12.5 Å². The highest BCUT2D eigenvalue weighted by atomic mass is 79.9. The molecule has 3 rings (SSSR count). The first kappa shape index (κ1) is 16.7. The van der Waals surface area contributed by atoms with Crippen LogP contribution >= 0.6 is 15.9 Å². The molecule has 7 heteroatoms. The van der Waals surface area contributed by atoms with Crippen molar-refractivity contribution in [2.45, 2.75) is 57.3 Å². The molecule has 0 radical (unpaired) electrons. The van der Waals surface area contributed by atoms with Crippen molar-refractivity contribution in [2.24, 2.45) is 0 Å². The van der Waals surface area contributed by atoms with Gasteiger partial charge in [-0.25, -0.2) is 13.6 Å². The van der Waals surface area contributed by atoms with Gasteiger partial charge in [-0.1, -0.05) is 46.1 Å². The van der Waals surface area contributed by atoms with E-state index in [1.165, 1.54) is 4.90 Å². The summed E-state index contributed by atoms with van der Waals surface area (Å²) < 4.78 is 75.0. The number of hydrogen-bond acceptors (Lipinski definition) is 3. The van der Waals surface area contributed by atoms with Gasteiger partial charge in [-0.2, -0.15) is 0 Å². The van der Waals surface area contributed by atoms with E-state index in [9.17, 15) is 18.7 Å². The van der Waals surface area contributed by atoms with Gasteiger partial charge in [-0.3, -0.25) is 0 Å². The van der Waals surface area contributed by atoms with E-state index in [1.54, 1.807) is 20.8 Å². The molecule has 1 aliphatic rings. The van der Waals surface area contributed by atoms with Gasteiger partial charge in [0.05, 0.1) is 12.9 Å². The number of amides is 1. The molecular formula is C23H26BrF2NO3. The molecule has 0 aliphatic carbocycles. The van der Waals surface area contributed by atoms with Crippen molar-refractivity contribution < 1.29 is 30.3 Å². The molecule has 4 nitrogen and oxygen atoms in total. The Morgan fingerprint density at radius 1 is 1.30 bits per heavy atom. The van der Waals surface area contributed by atoms with E-state index >= 15 is 0 Å². The van der Waals surface area contributed by atoms with Crippen molar-refractivity contribution >= 4 is 22.0 Å². The fourth-order valence-corrected chi connectivity index (χ4v) is 4.20. The van der Waals surface area contributed by atoms with Crippen LogP contribution in [0.25, 0.3) is 0 Å². The molecule has 0 aromatic heterocycles. The first-order chi connectivity index (χ1) is 16.1. The lowest BCUT2D eigenvalue weighted by atomic mass is 9.80. The van der Waals surface area contributed by atoms with Crippen LogP contribution < -0.4 is 0 Å². The number of nitrogens with zero attached hydrogens (tertiary/aromatic N) is 1. The molecule has 1 heterocycles. The van der Waals surface area contributed by atoms with E-state index in [0.717, 1.165) is 6.07 Å². The van der Waals surface area contributed by atoms with Crippen LogP contribution in [-0.2, 0) is 16.8 Å². The molecule has 1 fully saturated rings. The summed E-state index contributed by atoms with van der Waals surface area (Å²) in [6.45, 7) is 5.18. The second-order valence-corrected chi connectivity index (χ2v) is 9.14. The van der Waals surface area contributed by atoms with Crippen molar-refractivity contribution in [1.29, 1.82) is 0 Å². The molecule has 2 aromatic rings. The van der Waals surface area contributed by atoms with E-state index in [-0.39, 0.29) is 23.0 Å². The monoisotopic (exact) mass is 486 g/mol. The Kier molecular flexibility index (Phi) is 4.80. The Morgan fingerprint density at radius 3 is 2.57 bits per heavy atom. The van der Waals surface area contributed by atoms with Crippen molar-refractivity contribution in [1.82, 2.24) is 4.90 Å². The maximum absolute atomic E-state index is 14.9. The number of carbonyl (C=O) groups excluding carboxylic acids is 1. The molecule has 0 unspecified atom stereocenters. The van der Waals surface area contributed by atoms with Crippen LogP contribution in [0.4, 0.5) is 13.6 Å². The second-order valence-electron chi connectivity index (χ2n) is 8.28. The van der Waals surface area contributed by atoms with Gasteiger partial charge in [0.2, 0.25) is 0 Å². The largest absolute Gasteiger partial charge is 0.444 e. The number of ether oxygens (including phenoxy) is 1. The predicted octanol–water partition coefficient (Wildman–Crippen LogP) is 5.56. The molecule has 1 saturated heterocycles. The van der Waals surface area contributed by atoms with Gasteiger partial charge in [-0.15, -0.1) is 0 Å². The Morgan fingerprint density at radius 2 is 1.97 bits per heavy atom. The second kappa shape index (κ2) is 8.63. The predicted molar refractivity (Wildman–Crippen MR) is 114 cm³/mol. The first-order valence-electron chi connectivity index (χ1n) is 12.0. The normalized spacial score (nSPS) is 21.2. The first-order valence-corrected chi connectivity index (χ1v) is 10.3. The number of rotatable bonds is 4. The lowest BCUT2D eigenvalue weighted by molar-refractivity contribution is -0.0487. The van der Waals surface area contributed by atoms with Gasteiger partial charge in [0.15, 0.2) is 0 Å². The highest BCUT2D eigenvalue weighted by molar-refractivity contribution is 9.10. The molecule has 0 saturated carbocycles. The van der Waals surface area contributed by atoms with Crippen molar-refractivity contribution in [3.05, 3.63) is 69.6 Å². The summed E-state index contributed by atoms with van der Waals surface area (Å²) in [4.78, 5) is 14.2. The molecule has 1 aliphatic heterocycles. The van der Waals surface area contributed by atoms with Crippen LogP contribution in [0.5, 0.6) is 0 Å². The Labute approximate surface area is 191 Å². The number of likely N-dealkylation sites (tertiary alicyclic amines) is 1. The fraction of sp³-hybridized carbons (Fsp3) is 0.435. The standard InChI is InChI=1S/C23H26BrF2NO3/c1-22(2,3)30-21(28)27-11-7-10-20(27)23(29,15-8-5-4-6-9-15)14-17-18(24)12-16(25)13-19(17)26/h4-6,8-9,12-13,20,29H,7,10-11,14H2,1-3H3/t20-,23+/m1/s1/i4D,5D,6D,8D,9D. The molecule has 30 heavy (non-hydrogen) atoms. The highest BCUT2D eigenvalue weighted by Gasteiger charge is 2.47. The highest BCUT2D eigenvalue weighted by Crippen LogP contribution is 2.40. The summed E-state index contributed by atoms with van der Waals surface area (Å²) in [5.74, 6) is -1.86. The zero-order chi connectivity index (χ0) is 26.5. The SMILES string of the molecule is [2H]c1c([2H])c([2H])c([C@@](O)(Cc2c(F)cc(F)cc2Br)[C@H]2CCCN2C(=O)OC(C)(C)C)c([2H])c1[2H]. The van der Waals surface area contributed by atoms with E-state index in [2.05, 4.69) is 15.9 Å². The van der Waals surface area contributed by atoms with E-state index in [4.69, 9.17) is 11.6 Å². The molecule has 0 spiro atoms. The number of aliphatic hydroxyl groups is 1. The third kappa shape index (κ3) is 4.83. The minimum absolute atomic E-state index is 0.0115. The lowest BCUT2D eigenvalue weighted by Crippen LogP contribution is -2.52. The summed E-state index contributed by atoms with van der Waals surface area (Å²) in [6.07, 6.45) is -0.738. The lowest BCUT2D eigenvalue weighted by Gasteiger charge is -2.40. The van der Waals surface area contributed by atoms with Crippen molar-refractivity contribution in [3.8, 4) is 0 Å². The third-order valence-electron chi connectivity index (χ3n) is 4.92. The molecule has 162 valence electrons. The number of hydrogen-bond donors (Lipinski definition) is 1. The summed E-state index contributed by atoms with van der Waals surface area (Å²) in [7, 11) is 0. The van der Waals surface area contributed by atoms with Crippen LogP contribution in [0.15, 0.2) is 46.8 Å². The maximum Gasteiger partial charge on any atom is 0.410 e. The van der Waals surface area contributed by atoms with Crippen molar-refractivity contribution in [2.75, 3.05) is 6.54 Å². The Hall–Kier alpha value is -1.99. The van der Waals surface area contributed by atoms with Gasteiger partial charge in [0.25, 0.3) is 0 Å². The summed E-state index contributed by atoms with van der Waals surface area (Å²) in [5, 5.41) is 12.2. The minimum Gasteiger partial charge on any atom is -0.444 e. The van der Waals surface area contributed by atoms with Gasteiger partial charge in [0.1, 0.15) is 22.8 Å². The van der Waals surface area contributed by atoms with Crippen LogP contribution in [0.3, 0.4) is 0 Å². The molecule has 0 bridgehead atoms. The van der Waals surface area contributed by atoms with E-state index < -0.39 is 77.2 Å². The van der Waals surface area contributed by atoms with Gasteiger partial charge < -0.3 is 14.7 Å². The van der Waals surface area contributed by atoms with Crippen LogP contribution in [0.2, 0.25) is 0 Å². The molecule has 2 atom stereocenters. The molecular weight excluding hydrogens is 456 g/mol. The van der Waals surface area contributed by atoms with Crippen LogP contribution in [0, 0.1) is 11.6 Å². The third-order valence-corrected chi connectivity index (χ3v) is 5.62. The van der Waals surface area contributed by atoms with Gasteiger partial charge >= 0.3 is 6.09 Å². The summed E-state index contributed by atoms with van der Waals surface area (Å²) in [5.41, 5.74) is -3.83. The Balaban J connectivity index is 2.26. The maximum atomic E-state index is 14.9. The average Bonchev–Trinajstić information content (AvgIpc) is 3.23. The smallest absolute Gasteiger partial charge is 0.410 e. The zero-order valence-electron chi connectivity index (χ0n) is 21.9. The zero-order valence-corrected chi connectivity index (χ0v) is 18.5. The number of halogens is 3. The van der Waals surface area contributed by atoms with Crippen molar-refractivity contribution in [3.63, 3.8) is 0 Å². The van der Waals surface area contributed by atoms with Crippen LogP contribution in [0.1, 0.15) is 51.6 Å². The topological polar surface area (TPSA) is 49.8 Å². The molecule has 1 N–H and O–H groups in total. The molecule has 1 amide bonds. The summed E-state index contributed by atoms with van der Waals surface area (Å²) in [6, 6.07) is -2.85. The van der Waals surface area contributed by atoms with Gasteiger partial charge in [0, 0.05) is 29.1 Å². The minimum atomic E-state index is -2.33. The number of carbonyl (C=O) groups is 1. The molecule has 2 aromatic carbocycles.